The van der Waals surface area contributed by atoms with Crippen LogP contribution in [0.25, 0.3) is 42.4 Å². The molecule has 1 aliphatic carbocycles. The lowest BCUT2D eigenvalue weighted by molar-refractivity contribution is 1.59. The van der Waals surface area contributed by atoms with E-state index in [4.69, 9.17) is 0 Å². The van der Waals surface area contributed by atoms with Crippen molar-refractivity contribution in [3.63, 3.8) is 0 Å². The Balaban J connectivity index is 2.11. The lowest BCUT2D eigenvalue weighted by Crippen LogP contribution is -1.98. The first-order valence-corrected chi connectivity index (χ1v) is 9.46. The number of rotatable bonds is 0. The molecule has 0 atom stereocenters. The van der Waals surface area contributed by atoms with Gasteiger partial charge in [0, 0.05) is 31.3 Å². The maximum absolute atomic E-state index is 3.75. The molecule has 5 rings (SSSR count). The summed E-state index contributed by atoms with van der Waals surface area (Å²) in [4.78, 5) is 0. The Labute approximate surface area is 140 Å². The Morgan fingerprint density at radius 2 is 1.60 bits per heavy atom. The summed E-state index contributed by atoms with van der Waals surface area (Å²) in [5, 5.41) is 4.95. The van der Waals surface area contributed by atoms with Crippen LogP contribution in [0.1, 0.15) is 0 Å². The van der Waals surface area contributed by atoms with Crippen LogP contribution in [0.2, 0.25) is 0 Å². The number of benzene rings is 2. The van der Waals surface area contributed by atoms with Crippen molar-refractivity contribution in [2.24, 2.45) is 0 Å². The van der Waals surface area contributed by atoms with Gasteiger partial charge in [-0.1, -0.05) is 24.3 Å². The summed E-state index contributed by atoms with van der Waals surface area (Å²) >= 11 is 11.1. The smallest absolute Gasteiger partial charge is 0.0853 e. The third-order valence-corrected chi connectivity index (χ3v) is 8.31. The van der Waals surface area contributed by atoms with E-state index in [2.05, 4.69) is 67.6 Å². The van der Waals surface area contributed by atoms with Gasteiger partial charge in [0.25, 0.3) is 0 Å². The molecule has 0 N–H and O–H groups in total. The van der Waals surface area contributed by atoms with Gasteiger partial charge in [-0.05, 0) is 54.4 Å². The number of halogens is 2. The highest BCUT2D eigenvalue weighted by Gasteiger charge is 2.30. The van der Waals surface area contributed by atoms with Crippen molar-refractivity contribution in [2.45, 2.75) is 0 Å². The first kappa shape index (κ1) is 11.9. The molecule has 4 aromatic rings. The molecule has 0 spiro atoms. The molecule has 0 bridgehead atoms. The van der Waals surface area contributed by atoms with Gasteiger partial charge in [-0.25, -0.2) is 0 Å². The average Bonchev–Trinajstić information content (AvgIpc) is 2.99. The van der Waals surface area contributed by atoms with E-state index in [-0.39, 0.29) is 0 Å². The second kappa shape index (κ2) is 3.95. The SMILES string of the molecule is Brc1sc2c3c(c4ccsc4c2c1Br)-c1ccccc1-3. The molecule has 0 saturated heterocycles. The van der Waals surface area contributed by atoms with Crippen LogP contribution in [0, 0.1) is 0 Å². The molecule has 0 amide bonds. The zero-order valence-electron chi connectivity index (χ0n) is 10.0. The van der Waals surface area contributed by atoms with Crippen LogP contribution < -0.4 is 0 Å². The Hall–Kier alpha value is -0.680. The first-order chi connectivity index (χ1) is 9.77. The standard InChI is InChI=1S/C16H6Br2S2/c17-13-12-14-9(5-6-19-14)10-7-3-1-2-4-8(7)11(10)15(12)20-16(13)18/h1-6H. The molecule has 4 heteroatoms. The fourth-order valence-electron chi connectivity index (χ4n) is 3.10. The molecule has 0 radical (unpaired) electrons. The van der Waals surface area contributed by atoms with Crippen molar-refractivity contribution >= 4 is 74.7 Å². The van der Waals surface area contributed by atoms with Gasteiger partial charge < -0.3 is 0 Å². The minimum atomic E-state index is 1.18. The molecule has 0 fully saturated rings. The molecule has 0 saturated carbocycles. The summed E-state index contributed by atoms with van der Waals surface area (Å²) in [6.07, 6.45) is 0. The van der Waals surface area contributed by atoms with Crippen LogP contribution in [0.4, 0.5) is 0 Å². The van der Waals surface area contributed by atoms with Gasteiger partial charge in [-0.3, -0.25) is 0 Å². The van der Waals surface area contributed by atoms with Crippen LogP contribution in [0.3, 0.4) is 0 Å². The van der Waals surface area contributed by atoms with E-state index < -0.39 is 0 Å². The topological polar surface area (TPSA) is 0 Å². The number of hydrogen-bond donors (Lipinski definition) is 0. The average molecular weight is 422 g/mol. The molecule has 2 aromatic heterocycles. The fraction of sp³-hybridized carbons (Fsp3) is 0. The second-order valence-electron chi connectivity index (χ2n) is 4.85. The van der Waals surface area contributed by atoms with E-state index in [9.17, 15) is 0 Å². The maximum Gasteiger partial charge on any atom is 0.0853 e. The van der Waals surface area contributed by atoms with Crippen molar-refractivity contribution in [1.82, 2.24) is 0 Å². The van der Waals surface area contributed by atoms with Crippen molar-refractivity contribution < 1.29 is 0 Å². The van der Waals surface area contributed by atoms with Gasteiger partial charge in [0.2, 0.25) is 0 Å². The number of hydrogen-bond acceptors (Lipinski definition) is 2. The van der Waals surface area contributed by atoms with E-state index in [1.54, 1.807) is 0 Å². The third kappa shape index (κ3) is 1.27. The van der Waals surface area contributed by atoms with Crippen molar-refractivity contribution in [2.75, 3.05) is 0 Å². The van der Waals surface area contributed by atoms with Gasteiger partial charge in [-0.2, -0.15) is 0 Å². The zero-order chi connectivity index (χ0) is 13.4. The predicted molar refractivity (Wildman–Crippen MR) is 97.0 cm³/mol. The summed E-state index contributed by atoms with van der Waals surface area (Å²) in [5.74, 6) is 0. The fourth-order valence-corrected chi connectivity index (χ4v) is 6.70. The molecule has 0 nitrogen and oxygen atoms in total. The number of thiophene rings is 2. The molecule has 20 heavy (non-hydrogen) atoms. The lowest BCUT2D eigenvalue weighted by Gasteiger charge is -2.25. The Kier molecular flexibility index (Phi) is 2.35. The summed E-state index contributed by atoms with van der Waals surface area (Å²) in [6.45, 7) is 0. The third-order valence-electron chi connectivity index (χ3n) is 3.92. The summed E-state index contributed by atoms with van der Waals surface area (Å²) in [5.41, 5.74) is 5.65. The maximum atomic E-state index is 3.75. The van der Waals surface area contributed by atoms with Gasteiger partial charge in [0.15, 0.2) is 0 Å². The summed E-state index contributed by atoms with van der Waals surface area (Å²) in [6, 6.07) is 11.0. The molecule has 1 aliphatic rings. The zero-order valence-corrected chi connectivity index (χ0v) is 14.8. The Bertz CT molecular complexity index is 1020. The highest BCUT2D eigenvalue weighted by Crippen LogP contribution is 2.59. The molecule has 0 aliphatic heterocycles. The molecule has 96 valence electrons. The summed E-state index contributed by atoms with van der Waals surface area (Å²) in [7, 11) is 0. The minimum Gasteiger partial charge on any atom is -0.143 e. The lowest BCUT2D eigenvalue weighted by atomic mass is 9.78. The van der Waals surface area contributed by atoms with E-state index >= 15 is 0 Å². The van der Waals surface area contributed by atoms with Crippen LogP contribution >= 0.6 is 54.5 Å². The van der Waals surface area contributed by atoms with Crippen LogP contribution in [-0.4, -0.2) is 0 Å². The molecule has 2 aromatic carbocycles. The Morgan fingerprint density at radius 1 is 0.850 bits per heavy atom. The second-order valence-corrected chi connectivity index (χ2v) is 8.90. The van der Waals surface area contributed by atoms with E-state index in [1.807, 2.05) is 22.7 Å². The van der Waals surface area contributed by atoms with Gasteiger partial charge in [0.05, 0.1) is 8.26 Å². The largest absolute Gasteiger partial charge is 0.143 e. The molecule has 2 heterocycles. The van der Waals surface area contributed by atoms with E-state index in [0.29, 0.717) is 0 Å². The monoisotopic (exact) mass is 420 g/mol. The highest BCUT2D eigenvalue weighted by molar-refractivity contribution is 9.13. The van der Waals surface area contributed by atoms with Gasteiger partial charge in [-0.15, -0.1) is 22.7 Å². The van der Waals surface area contributed by atoms with Crippen LogP contribution in [-0.2, 0) is 0 Å². The van der Waals surface area contributed by atoms with Crippen molar-refractivity contribution in [3.8, 4) is 22.3 Å². The molecule has 0 unspecified atom stereocenters. The van der Waals surface area contributed by atoms with Gasteiger partial charge >= 0.3 is 0 Å². The highest BCUT2D eigenvalue weighted by atomic mass is 79.9. The van der Waals surface area contributed by atoms with E-state index in [1.165, 1.54) is 50.7 Å². The molecular formula is C16H6Br2S2. The van der Waals surface area contributed by atoms with Crippen LogP contribution in [0.5, 0.6) is 0 Å². The van der Waals surface area contributed by atoms with Crippen molar-refractivity contribution in [3.05, 3.63) is 44.0 Å². The van der Waals surface area contributed by atoms with Crippen molar-refractivity contribution in [1.29, 1.82) is 0 Å². The quantitative estimate of drug-likeness (QED) is 0.246. The van der Waals surface area contributed by atoms with Gasteiger partial charge in [0.1, 0.15) is 0 Å². The van der Waals surface area contributed by atoms with Crippen LogP contribution in [0.15, 0.2) is 44.0 Å². The minimum absolute atomic E-state index is 1.18. The molecular weight excluding hydrogens is 416 g/mol. The summed E-state index contributed by atoms with van der Waals surface area (Å²) < 4.78 is 5.16. The predicted octanol–water partition coefficient (Wildman–Crippen LogP) is 7.29. The normalized spacial score (nSPS) is 12.5. The number of fused-ring (bicyclic) bond motifs is 9. The Morgan fingerprint density at radius 3 is 2.40 bits per heavy atom. The van der Waals surface area contributed by atoms with E-state index in [0.717, 1.165) is 0 Å². The first-order valence-electron chi connectivity index (χ1n) is 6.18.